The molecule has 1 fully saturated rings. The minimum atomic E-state index is 0.380. The summed E-state index contributed by atoms with van der Waals surface area (Å²) in [7, 11) is 0. The van der Waals surface area contributed by atoms with E-state index >= 15 is 0 Å². The first kappa shape index (κ1) is 12.5. The third-order valence-electron chi connectivity index (χ3n) is 3.04. The zero-order valence-corrected chi connectivity index (χ0v) is 10.2. The van der Waals surface area contributed by atoms with Crippen LogP contribution in [0.2, 0.25) is 0 Å². The molecule has 0 aromatic carbocycles. The van der Waals surface area contributed by atoms with Crippen LogP contribution in [0.5, 0.6) is 0 Å². The summed E-state index contributed by atoms with van der Waals surface area (Å²) >= 11 is 0. The first-order chi connectivity index (χ1) is 8.38. The molecule has 0 spiro atoms. The van der Waals surface area contributed by atoms with Crippen LogP contribution in [0.3, 0.4) is 0 Å². The van der Waals surface area contributed by atoms with Gasteiger partial charge in [0.05, 0.1) is 11.8 Å². The third-order valence-corrected chi connectivity index (χ3v) is 3.04. The molecule has 2 N–H and O–H groups in total. The van der Waals surface area contributed by atoms with Gasteiger partial charge in [-0.3, -0.25) is 9.88 Å². The molecule has 4 heteroatoms. The Morgan fingerprint density at radius 1 is 1.47 bits per heavy atom. The van der Waals surface area contributed by atoms with E-state index in [1.807, 2.05) is 18.3 Å². The van der Waals surface area contributed by atoms with Gasteiger partial charge in [0.25, 0.3) is 0 Å². The number of nitrogens with two attached hydrogens (primary N) is 1. The van der Waals surface area contributed by atoms with Gasteiger partial charge in [-0.2, -0.15) is 0 Å². The van der Waals surface area contributed by atoms with Crippen molar-refractivity contribution in [3.05, 3.63) is 30.1 Å². The van der Waals surface area contributed by atoms with Crippen LogP contribution in [0.15, 0.2) is 24.4 Å². The van der Waals surface area contributed by atoms with Crippen molar-refractivity contribution in [3.63, 3.8) is 0 Å². The predicted octanol–water partition coefficient (Wildman–Crippen LogP) is 1.02. The molecule has 2 rings (SSSR count). The summed E-state index contributed by atoms with van der Waals surface area (Å²) < 4.78 is 5.66. The monoisotopic (exact) mass is 235 g/mol. The van der Waals surface area contributed by atoms with Crippen molar-refractivity contribution in [2.45, 2.75) is 25.5 Å². The van der Waals surface area contributed by atoms with Gasteiger partial charge in [0.1, 0.15) is 0 Å². The molecule has 1 aliphatic heterocycles. The molecule has 1 atom stereocenters. The third kappa shape index (κ3) is 4.07. The summed E-state index contributed by atoms with van der Waals surface area (Å²) in [6, 6.07) is 6.02. The van der Waals surface area contributed by atoms with Crippen LogP contribution in [0.25, 0.3) is 0 Å². The van der Waals surface area contributed by atoms with E-state index in [0.29, 0.717) is 12.6 Å². The van der Waals surface area contributed by atoms with Gasteiger partial charge in [-0.05, 0) is 25.0 Å². The number of pyridine rings is 1. The number of rotatable bonds is 6. The maximum absolute atomic E-state index is 5.66. The lowest BCUT2D eigenvalue weighted by Crippen LogP contribution is -2.35. The van der Waals surface area contributed by atoms with Crippen molar-refractivity contribution in [3.8, 4) is 0 Å². The summed E-state index contributed by atoms with van der Waals surface area (Å²) in [6.07, 6.45) is 4.57. The Balaban J connectivity index is 1.87. The molecule has 1 aliphatic rings. The predicted molar refractivity (Wildman–Crippen MR) is 67.5 cm³/mol. The van der Waals surface area contributed by atoms with Crippen LogP contribution in [0, 0.1) is 0 Å². The highest BCUT2D eigenvalue weighted by molar-refractivity contribution is 5.03. The molecule has 0 bridgehead atoms. The maximum Gasteiger partial charge on any atom is 0.0702 e. The van der Waals surface area contributed by atoms with Crippen LogP contribution in [0.4, 0.5) is 0 Å². The lowest BCUT2D eigenvalue weighted by molar-refractivity contribution is 0.0713. The molecular weight excluding hydrogens is 214 g/mol. The summed E-state index contributed by atoms with van der Waals surface area (Å²) in [6.45, 7) is 4.31. The van der Waals surface area contributed by atoms with E-state index in [4.69, 9.17) is 10.5 Å². The Bertz CT molecular complexity index is 312. The van der Waals surface area contributed by atoms with Gasteiger partial charge in [0.2, 0.25) is 0 Å². The molecule has 1 aromatic rings. The molecule has 2 heterocycles. The first-order valence-electron chi connectivity index (χ1n) is 6.32. The first-order valence-corrected chi connectivity index (χ1v) is 6.32. The quantitative estimate of drug-likeness (QED) is 0.800. The SMILES string of the molecule is NCCN(Cc1ccccn1)CC1CCCO1. The standard InChI is InChI=1S/C13H21N3O/c14-6-8-16(11-13-5-3-9-17-13)10-12-4-1-2-7-15-12/h1-2,4,7,13H,3,5-6,8-11,14H2. The summed E-state index contributed by atoms with van der Waals surface area (Å²) in [5, 5.41) is 0. The molecule has 1 aromatic heterocycles. The Hall–Kier alpha value is -0.970. The minimum Gasteiger partial charge on any atom is -0.377 e. The van der Waals surface area contributed by atoms with Crippen LogP contribution in [-0.2, 0) is 11.3 Å². The molecule has 4 nitrogen and oxygen atoms in total. The number of hydrogen-bond donors (Lipinski definition) is 1. The number of nitrogens with zero attached hydrogens (tertiary/aromatic N) is 2. The Morgan fingerprint density at radius 2 is 2.41 bits per heavy atom. The molecule has 0 radical (unpaired) electrons. The van der Waals surface area contributed by atoms with Gasteiger partial charge in [0.15, 0.2) is 0 Å². The Morgan fingerprint density at radius 3 is 3.06 bits per heavy atom. The second-order valence-corrected chi connectivity index (χ2v) is 4.48. The van der Waals surface area contributed by atoms with Crippen LogP contribution < -0.4 is 5.73 Å². The zero-order valence-electron chi connectivity index (χ0n) is 10.2. The van der Waals surface area contributed by atoms with E-state index in [2.05, 4.69) is 16.0 Å². The van der Waals surface area contributed by atoms with Crippen molar-refractivity contribution < 1.29 is 4.74 Å². The molecule has 0 amide bonds. The normalized spacial score (nSPS) is 20.0. The highest BCUT2D eigenvalue weighted by atomic mass is 16.5. The second kappa shape index (κ2) is 6.69. The fraction of sp³-hybridized carbons (Fsp3) is 0.615. The fourth-order valence-corrected chi connectivity index (χ4v) is 2.21. The van der Waals surface area contributed by atoms with E-state index in [1.165, 1.54) is 12.8 Å². The maximum atomic E-state index is 5.66. The smallest absolute Gasteiger partial charge is 0.0702 e. The number of hydrogen-bond acceptors (Lipinski definition) is 4. The highest BCUT2D eigenvalue weighted by Crippen LogP contribution is 2.14. The van der Waals surface area contributed by atoms with E-state index in [-0.39, 0.29) is 0 Å². The lowest BCUT2D eigenvalue weighted by atomic mass is 10.2. The fourth-order valence-electron chi connectivity index (χ4n) is 2.21. The largest absolute Gasteiger partial charge is 0.377 e. The molecule has 17 heavy (non-hydrogen) atoms. The van der Waals surface area contributed by atoms with Gasteiger partial charge < -0.3 is 10.5 Å². The summed E-state index contributed by atoms with van der Waals surface area (Å²) in [5.74, 6) is 0. The summed E-state index contributed by atoms with van der Waals surface area (Å²) in [4.78, 5) is 6.68. The molecule has 1 saturated heterocycles. The van der Waals surface area contributed by atoms with E-state index in [0.717, 1.165) is 31.9 Å². The van der Waals surface area contributed by atoms with Crippen molar-refractivity contribution >= 4 is 0 Å². The van der Waals surface area contributed by atoms with E-state index in [9.17, 15) is 0 Å². The van der Waals surface area contributed by atoms with Crippen molar-refractivity contribution in [1.29, 1.82) is 0 Å². The van der Waals surface area contributed by atoms with E-state index in [1.54, 1.807) is 0 Å². The van der Waals surface area contributed by atoms with Crippen LogP contribution >= 0.6 is 0 Å². The van der Waals surface area contributed by atoms with Gasteiger partial charge in [-0.1, -0.05) is 6.07 Å². The summed E-state index contributed by atoms with van der Waals surface area (Å²) in [5.41, 5.74) is 6.75. The number of aromatic nitrogens is 1. The zero-order chi connectivity index (χ0) is 11.9. The Kier molecular flexibility index (Phi) is 4.91. The number of ether oxygens (including phenoxy) is 1. The van der Waals surface area contributed by atoms with Crippen LogP contribution in [0.1, 0.15) is 18.5 Å². The average Bonchev–Trinajstić information content (AvgIpc) is 2.83. The molecule has 94 valence electrons. The molecule has 0 saturated carbocycles. The molecular formula is C13H21N3O. The minimum absolute atomic E-state index is 0.380. The van der Waals surface area contributed by atoms with Gasteiger partial charge >= 0.3 is 0 Å². The molecule has 0 aliphatic carbocycles. The van der Waals surface area contributed by atoms with Crippen molar-refractivity contribution in [2.24, 2.45) is 5.73 Å². The van der Waals surface area contributed by atoms with Gasteiger partial charge in [-0.25, -0.2) is 0 Å². The Labute approximate surface area is 103 Å². The van der Waals surface area contributed by atoms with Crippen LogP contribution in [-0.4, -0.2) is 42.2 Å². The van der Waals surface area contributed by atoms with E-state index < -0.39 is 0 Å². The van der Waals surface area contributed by atoms with Crippen molar-refractivity contribution in [1.82, 2.24) is 9.88 Å². The molecule has 1 unspecified atom stereocenters. The second-order valence-electron chi connectivity index (χ2n) is 4.48. The van der Waals surface area contributed by atoms with Gasteiger partial charge in [-0.15, -0.1) is 0 Å². The lowest BCUT2D eigenvalue weighted by Gasteiger charge is -2.24. The topological polar surface area (TPSA) is 51.4 Å². The average molecular weight is 235 g/mol. The van der Waals surface area contributed by atoms with Crippen molar-refractivity contribution in [2.75, 3.05) is 26.2 Å². The highest BCUT2D eigenvalue weighted by Gasteiger charge is 2.19. The van der Waals surface area contributed by atoms with Gasteiger partial charge in [0, 0.05) is 39.0 Å².